The van der Waals surface area contributed by atoms with Crippen LogP contribution in [0.1, 0.15) is 34.4 Å². The van der Waals surface area contributed by atoms with E-state index in [1.54, 1.807) is 0 Å². The van der Waals surface area contributed by atoms with Crippen LogP contribution in [0.2, 0.25) is 0 Å². The van der Waals surface area contributed by atoms with Gasteiger partial charge >= 0.3 is 0 Å². The Morgan fingerprint density at radius 2 is 1.16 bits per heavy atom. The highest BCUT2D eigenvalue weighted by Crippen LogP contribution is 2.46. The van der Waals surface area contributed by atoms with E-state index in [1.807, 2.05) is 22.7 Å². The molecular formula is C42H24S2. The number of thiophene rings is 2. The summed E-state index contributed by atoms with van der Waals surface area (Å²) in [6.07, 6.45) is 6.66. The molecule has 0 spiro atoms. The smallest absolute Gasteiger partial charge is 0.0524 e. The average molecular weight is 593 g/mol. The SMILES string of the molecule is C1=C=C(c2cccc3c4ccccc4c4cccc(C5=c6sc7ccccc7c6=CCC5)c4c23)c2sc3ccccc3c2C=1. The van der Waals surface area contributed by atoms with E-state index in [0.717, 1.165) is 18.4 Å². The first kappa shape index (κ1) is 24.5. The van der Waals surface area contributed by atoms with Gasteiger partial charge < -0.3 is 0 Å². The summed E-state index contributed by atoms with van der Waals surface area (Å²) < 4.78 is 4.10. The number of hydrogen-bond acceptors (Lipinski definition) is 2. The molecule has 0 nitrogen and oxygen atoms in total. The molecule has 0 saturated carbocycles. The Kier molecular flexibility index (Phi) is 5.17. The lowest BCUT2D eigenvalue weighted by Gasteiger charge is -2.19. The molecule has 0 N–H and O–H groups in total. The highest BCUT2D eigenvalue weighted by Gasteiger charge is 2.23. The van der Waals surface area contributed by atoms with Crippen LogP contribution >= 0.6 is 22.7 Å². The van der Waals surface area contributed by atoms with Crippen LogP contribution in [0.4, 0.5) is 0 Å². The molecule has 0 atom stereocenters. The Bertz CT molecular complexity index is 2790. The zero-order valence-corrected chi connectivity index (χ0v) is 25.4. The van der Waals surface area contributed by atoms with Gasteiger partial charge in [0.15, 0.2) is 0 Å². The molecule has 8 aromatic rings. The topological polar surface area (TPSA) is 0 Å². The fraction of sp³-hybridized carbons (Fsp3) is 0.0476. The van der Waals surface area contributed by atoms with E-state index in [9.17, 15) is 0 Å². The maximum absolute atomic E-state index is 3.60. The van der Waals surface area contributed by atoms with E-state index in [2.05, 4.69) is 133 Å². The number of benzene rings is 6. The van der Waals surface area contributed by atoms with Crippen molar-refractivity contribution in [3.05, 3.63) is 152 Å². The predicted molar refractivity (Wildman–Crippen MR) is 192 cm³/mol. The van der Waals surface area contributed by atoms with Gasteiger partial charge in [-0.3, -0.25) is 0 Å². The first-order valence-electron chi connectivity index (χ1n) is 15.2. The van der Waals surface area contributed by atoms with Crippen molar-refractivity contribution >= 4 is 98.5 Å². The van der Waals surface area contributed by atoms with Crippen LogP contribution in [0.25, 0.3) is 75.8 Å². The molecule has 6 aromatic carbocycles. The van der Waals surface area contributed by atoms with E-state index >= 15 is 0 Å². The molecule has 0 radical (unpaired) electrons. The van der Waals surface area contributed by atoms with Gasteiger partial charge in [0, 0.05) is 30.4 Å². The summed E-state index contributed by atoms with van der Waals surface area (Å²) in [6, 6.07) is 40.4. The summed E-state index contributed by atoms with van der Waals surface area (Å²) in [7, 11) is 0. The number of rotatable bonds is 2. The fourth-order valence-corrected chi connectivity index (χ4v) is 10.0. The first-order chi connectivity index (χ1) is 21.8. The van der Waals surface area contributed by atoms with Crippen LogP contribution in [0.5, 0.6) is 0 Å². The van der Waals surface area contributed by atoms with E-state index in [-0.39, 0.29) is 0 Å². The third kappa shape index (κ3) is 3.34. The zero-order valence-electron chi connectivity index (χ0n) is 23.8. The highest BCUT2D eigenvalue weighted by molar-refractivity contribution is 7.20. The molecule has 204 valence electrons. The molecule has 0 fully saturated rings. The average Bonchev–Trinajstić information content (AvgIpc) is 3.66. The number of hydrogen-bond donors (Lipinski definition) is 0. The Morgan fingerprint density at radius 3 is 1.93 bits per heavy atom. The lowest BCUT2D eigenvalue weighted by molar-refractivity contribution is 1.09. The molecule has 0 unspecified atom stereocenters. The lowest BCUT2D eigenvalue weighted by atomic mass is 9.84. The van der Waals surface area contributed by atoms with Crippen molar-refractivity contribution in [1.82, 2.24) is 0 Å². The van der Waals surface area contributed by atoms with Gasteiger partial charge in [0.2, 0.25) is 0 Å². The molecule has 2 heterocycles. The summed E-state index contributed by atoms with van der Waals surface area (Å²) in [6.45, 7) is 0. The molecule has 0 saturated heterocycles. The highest BCUT2D eigenvalue weighted by atomic mass is 32.1. The van der Waals surface area contributed by atoms with Gasteiger partial charge in [-0.15, -0.1) is 22.7 Å². The fourth-order valence-electron chi connectivity index (χ4n) is 7.55. The molecule has 0 amide bonds. The third-order valence-corrected chi connectivity index (χ3v) is 11.9. The maximum atomic E-state index is 3.60. The van der Waals surface area contributed by atoms with E-state index in [4.69, 9.17) is 0 Å². The standard InChI is InChI=1S/C42H24S2/c1-2-12-26-25(11-1)29-15-7-17-31(35-21-9-19-33-27-13-3-5-23-37(27)43-41(33)35)39(29)40-30(26)16-8-18-32(40)36-22-10-20-34-28-14-4-6-24-38(28)44-42(34)36/h1-8,11-20,23-24H,9,21H2. The monoisotopic (exact) mass is 592 g/mol. The second-order valence-electron chi connectivity index (χ2n) is 11.7. The minimum Gasteiger partial charge on any atom is -0.135 e. The summed E-state index contributed by atoms with van der Waals surface area (Å²) in [5.74, 6) is 0. The van der Waals surface area contributed by atoms with Crippen molar-refractivity contribution in [3.63, 3.8) is 0 Å². The number of fused-ring (bicyclic) bond motifs is 12. The van der Waals surface area contributed by atoms with Gasteiger partial charge in [0.05, 0.1) is 10.5 Å². The van der Waals surface area contributed by atoms with Gasteiger partial charge in [0.25, 0.3) is 0 Å². The summed E-state index contributed by atoms with van der Waals surface area (Å²) >= 11 is 3.81. The van der Waals surface area contributed by atoms with Gasteiger partial charge in [-0.05, 0) is 85.1 Å². The van der Waals surface area contributed by atoms with Gasteiger partial charge in [-0.2, -0.15) is 0 Å². The van der Waals surface area contributed by atoms with Crippen LogP contribution in [-0.2, 0) is 0 Å². The van der Waals surface area contributed by atoms with E-state index < -0.39 is 0 Å². The summed E-state index contributed by atoms with van der Waals surface area (Å²) in [4.78, 5) is 1.28. The van der Waals surface area contributed by atoms with Crippen LogP contribution < -0.4 is 9.75 Å². The molecule has 2 aliphatic carbocycles. The minimum absolute atomic E-state index is 1.04. The van der Waals surface area contributed by atoms with E-state index in [1.165, 1.54) is 89.4 Å². The first-order valence-corrected chi connectivity index (χ1v) is 16.8. The summed E-state index contributed by atoms with van der Waals surface area (Å²) in [5, 5.41) is 12.0. The Labute approximate surface area is 262 Å². The molecule has 2 aliphatic rings. The van der Waals surface area contributed by atoms with Crippen molar-refractivity contribution in [3.8, 4) is 0 Å². The van der Waals surface area contributed by atoms with Crippen LogP contribution in [0.15, 0.2) is 121 Å². The predicted octanol–water partition coefficient (Wildman–Crippen LogP) is 10.6. The van der Waals surface area contributed by atoms with Crippen LogP contribution in [0, 0.1) is 0 Å². The van der Waals surface area contributed by atoms with Crippen LogP contribution in [0.3, 0.4) is 0 Å². The van der Waals surface area contributed by atoms with Gasteiger partial charge in [-0.25, -0.2) is 0 Å². The van der Waals surface area contributed by atoms with Crippen molar-refractivity contribution in [1.29, 1.82) is 0 Å². The van der Waals surface area contributed by atoms with Crippen molar-refractivity contribution in [2.75, 3.05) is 0 Å². The normalized spacial score (nSPS) is 14.0. The van der Waals surface area contributed by atoms with Crippen LogP contribution in [-0.4, -0.2) is 0 Å². The Balaban J connectivity index is 1.40. The zero-order chi connectivity index (χ0) is 28.8. The summed E-state index contributed by atoms with van der Waals surface area (Å²) in [5.41, 5.74) is 13.5. The third-order valence-electron chi connectivity index (χ3n) is 9.41. The molecule has 2 aromatic heterocycles. The molecule has 10 rings (SSSR count). The molecule has 44 heavy (non-hydrogen) atoms. The van der Waals surface area contributed by atoms with Crippen molar-refractivity contribution < 1.29 is 0 Å². The van der Waals surface area contributed by atoms with E-state index in [0.29, 0.717) is 0 Å². The van der Waals surface area contributed by atoms with Crippen molar-refractivity contribution in [2.24, 2.45) is 0 Å². The van der Waals surface area contributed by atoms with Gasteiger partial charge in [-0.1, -0.05) is 115 Å². The minimum atomic E-state index is 1.04. The maximum Gasteiger partial charge on any atom is 0.0524 e. The Hall–Kier alpha value is -4.94. The molecule has 0 bridgehead atoms. The van der Waals surface area contributed by atoms with Crippen molar-refractivity contribution in [2.45, 2.75) is 12.8 Å². The molecule has 0 aliphatic heterocycles. The Morgan fingerprint density at radius 1 is 0.545 bits per heavy atom. The second-order valence-corrected chi connectivity index (χ2v) is 13.8. The quantitative estimate of drug-likeness (QED) is 0.138. The second kappa shape index (κ2) is 9.28. The lowest BCUT2D eigenvalue weighted by Crippen LogP contribution is -2.25. The molecular weight excluding hydrogens is 569 g/mol. The largest absolute Gasteiger partial charge is 0.135 e. The van der Waals surface area contributed by atoms with Gasteiger partial charge in [0.1, 0.15) is 0 Å². The molecule has 2 heteroatoms.